The Morgan fingerprint density at radius 2 is 1.80 bits per heavy atom. The monoisotopic (exact) mass is 227 g/mol. The minimum atomic E-state index is -1.97. The molecule has 15 heavy (non-hydrogen) atoms. The average molecular weight is 227 g/mol. The summed E-state index contributed by atoms with van der Waals surface area (Å²) in [5.74, 6) is 0. The molecule has 0 aliphatic carbocycles. The SMILES string of the molecule is C#C[Si](C)(C#C[Si](C)C)c1ccccc1. The molecule has 1 aromatic rings. The standard InChI is InChI=1S/C13H15Si2/c1-5-15(4,12-11-14(2)3)13-9-7-6-8-10-13/h1,6-10H,2-4H3. The van der Waals surface area contributed by atoms with Gasteiger partial charge in [0.1, 0.15) is 8.80 Å². The van der Waals surface area contributed by atoms with Crippen LogP contribution in [0.25, 0.3) is 0 Å². The highest BCUT2D eigenvalue weighted by atomic mass is 28.3. The zero-order valence-corrected chi connectivity index (χ0v) is 11.5. The van der Waals surface area contributed by atoms with Crippen LogP contribution in [0.1, 0.15) is 0 Å². The second-order valence-electron chi connectivity index (χ2n) is 3.89. The molecule has 0 fully saturated rings. The van der Waals surface area contributed by atoms with Crippen LogP contribution in [0.15, 0.2) is 30.3 Å². The summed E-state index contributed by atoms with van der Waals surface area (Å²) in [5.41, 5.74) is 9.60. The van der Waals surface area contributed by atoms with Gasteiger partial charge in [0, 0.05) is 0 Å². The van der Waals surface area contributed by atoms with Crippen molar-refractivity contribution in [1.82, 2.24) is 0 Å². The first kappa shape index (κ1) is 11.8. The highest BCUT2D eigenvalue weighted by molar-refractivity contribution is 7.04. The second kappa shape index (κ2) is 5.02. The van der Waals surface area contributed by atoms with E-state index in [-0.39, 0.29) is 0 Å². The van der Waals surface area contributed by atoms with Crippen molar-refractivity contribution in [3.05, 3.63) is 30.3 Å². The highest BCUT2D eigenvalue weighted by Gasteiger charge is 2.24. The largest absolute Gasteiger partial charge is 0.241 e. The van der Waals surface area contributed by atoms with Crippen LogP contribution in [-0.4, -0.2) is 16.9 Å². The smallest absolute Gasteiger partial charge is 0.139 e. The molecule has 0 heterocycles. The quantitative estimate of drug-likeness (QED) is 0.508. The molecule has 2 heteroatoms. The first-order valence-electron chi connectivity index (χ1n) is 4.95. The van der Waals surface area contributed by atoms with Crippen molar-refractivity contribution >= 4 is 22.1 Å². The van der Waals surface area contributed by atoms with Crippen molar-refractivity contribution < 1.29 is 0 Å². The Hall–Kier alpha value is -1.23. The third-order valence-corrected chi connectivity index (χ3v) is 5.77. The van der Waals surface area contributed by atoms with Crippen molar-refractivity contribution in [2.24, 2.45) is 0 Å². The third-order valence-electron chi connectivity index (χ3n) is 2.20. The molecule has 0 spiro atoms. The van der Waals surface area contributed by atoms with E-state index in [1.807, 2.05) is 18.2 Å². The lowest BCUT2D eigenvalue weighted by molar-refractivity contribution is 1.74. The summed E-state index contributed by atoms with van der Waals surface area (Å²) in [7, 11) is -2.48. The zero-order chi connectivity index (χ0) is 11.3. The van der Waals surface area contributed by atoms with Crippen LogP contribution in [-0.2, 0) is 0 Å². The third kappa shape index (κ3) is 3.13. The van der Waals surface area contributed by atoms with Crippen LogP contribution in [0.5, 0.6) is 0 Å². The molecule has 0 aromatic heterocycles. The first-order chi connectivity index (χ1) is 7.08. The van der Waals surface area contributed by atoms with E-state index in [4.69, 9.17) is 6.42 Å². The van der Waals surface area contributed by atoms with Gasteiger partial charge in [0.25, 0.3) is 0 Å². The first-order valence-corrected chi connectivity index (χ1v) is 9.95. The maximum atomic E-state index is 5.65. The Morgan fingerprint density at radius 1 is 1.20 bits per heavy atom. The summed E-state index contributed by atoms with van der Waals surface area (Å²) in [4.78, 5) is 0. The van der Waals surface area contributed by atoms with Crippen molar-refractivity contribution in [3.8, 4) is 23.1 Å². The molecule has 0 aliphatic heterocycles. The molecule has 0 N–H and O–H groups in total. The van der Waals surface area contributed by atoms with Crippen molar-refractivity contribution in [2.75, 3.05) is 0 Å². The molecule has 1 radical (unpaired) electrons. The number of benzene rings is 1. The summed E-state index contributed by atoms with van der Waals surface area (Å²) in [5, 5.41) is 1.24. The highest BCUT2D eigenvalue weighted by Crippen LogP contribution is 2.00. The molecule has 0 amide bonds. The van der Waals surface area contributed by atoms with Crippen LogP contribution in [0.2, 0.25) is 19.6 Å². The van der Waals surface area contributed by atoms with Crippen molar-refractivity contribution in [2.45, 2.75) is 19.6 Å². The molecular formula is C13H15Si2. The Kier molecular flexibility index (Phi) is 3.97. The van der Waals surface area contributed by atoms with Crippen LogP contribution in [0, 0.1) is 23.1 Å². The predicted octanol–water partition coefficient (Wildman–Crippen LogP) is 1.98. The number of rotatable bonds is 1. The molecule has 1 unspecified atom stereocenters. The molecule has 0 saturated carbocycles. The molecule has 1 aromatic carbocycles. The van der Waals surface area contributed by atoms with E-state index < -0.39 is 16.9 Å². The normalized spacial score (nSPS) is 13.5. The van der Waals surface area contributed by atoms with Gasteiger partial charge in [-0.05, 0) is 11.7 Å². The maximum Gasteiger partial charge on any atom is 0.241 e. The fourth-order valence-electron chi connectivity index (χ4n) is 1.21. The van der Waals surface area contributed by atoms with Gasteiger partial charge in [0.15, 0.2) is 0 Å². The lowest BCUT2D eigenvalue weighted by Gasteiger charge is -2.13. The van der Waals surface area contributed by atoms with E-state index in [0.29, 0.717) is 0 Å². The van der Waals surface area contributed by atoms with Crippen LogP contribution in [0.4, 0.5) is 0 Å². The molecule has 0 aliphatic rings. The summed E-state index contributed by atoms with van der Waals surface area (Å²) in [6.07, 6.45) is 5.65. The average Bonchev–Trinajstić information content (AvgIpc) is 2.27. The van der Waals surface area contributed by atoms with Gasteiger partial charge < -0.3 is 0 Å². The minimum Gasteiger partial charge on any atom is -0.139 e. The molecule has 0 bridgehead atoms. The lowest BCUT2D eigenvalue weighted by atomic mass is 10.4. The molecule has 1 atom stereocenters. The molecule has 75 valence electrons. The van der Waals surface area contributed by atoms with Crippen LogP contribution < -0.4 is 5.19 Å². The van der Waals surface area contributed by atoms with Gasteiger partial charge in [0.05, 0.1) is 0 Å². The summed E-state index contributed by atoms with van der Waals surface area (Å²) in [6.45, 7) is 6.52. The van der Waals surface area contributed by atoms with Gasteiger partial charge in [-0.2, -0.15) is 0 Å². The second-order valence-corrected chi connectivity index (χ2v) is 9.50. The topological polar surface area (TPSA) is 0 Å². The van der Waals surface area contributed by atoms with Crippen molar-refractivity contribution in [3.63, 3.8) is 0 Å². The van der Waals surface area contributed by atoms with Gasteiger partial charge in [-0.1, -0.05) is 43.4 Å². The van der Waals surface area contributed by atoms with Gasteiger partial charge in [-0.3, -0.25) is 0 Å². The van der Waals surface area contributed by atoms with Gasteiger partial charge in [-0.15, -0.1) is 23.1 Å². The van der Waals surface area contributed by atoms with E-state index >= 15 is 0 Å². The fraction of sp³-hybridized carbons (Fsp3) is 0.231. The number of hydrogen-bond acceptors (Lipinski definition) is 0. The fourth-order valence-corrected chi connectivity index (χ4v) is 4.46. The Bertz CT molecular complexity index is 417. The molecular weight excluding hydrogens is 212 g/mol. The van der Waals surface area contributed by atoms with Crippen LogP contribution in [0.3, 0.4) is 0 Å². The zero-order valence-electron chi connectivity index (χ0n) is 9.46. The molecule has 0 nitrogen and oxygen atoms in total. The maximum absolute atomic E-state index is 5.65. The van der Waals surface area contributed by atoms with E-state index in [1.165, 1.54) is 5.19 Å². The number of terminal acetylenes is 1. The lowest BCUT2D eigenvalue weighted by Crippen LogP contribution is -2.42. The number of hydrogen-bond donors (Lipinski definition) is 0. The Balaban J connectivity index is 3.10. The summed E-state index contributed by atoms with van der Waals surface area (Å²) >= 11 is 0. The molecule has 1 rings (SSSR count). The Morgan fingerprint density at radius 3 is 2.27 bits per heavy atom. The van der Waals surface area contributed by atoms with E-state index in [1.54, 1.807) is 0 Å². The van der Waals surface area contributed by atoms with E-state index in [2.05, 4.69) is 48.4 Å². The molecule has 0 saturated heterocycles. The van der Waals surface area contributed by atoms with Gasteiger partial charge in [-0.25, -0.2) is 0 Å². The summed E-state index contributed by atoms with van der Waals surface area (Å²) in [6, 6.07) is 10.3. The van der Waals surface area contributed by atoms with E-state index in [0.717, 1.165) is 0 Å². The predicted molar refractivity (Wildman–Crippen MR) is 71.8 cm³/mol. The summed E-state index contributed by atoms with van der Waals surface area (Å²) < 4.78 is 0. The van der Waals surface area contributed by atoms with Gasteiger partial charge in [0.2, 0.25) is 8.07 Å². The minimum absolute atomic E-state index is 0.506. The van der Waals surface area contributed by atoms with Gasteiger partial charge >= 0.3 is 0 Å². The van der Waals surface area contributed by atoms with E-state index in [9.17, 15) is 0 Å². The van der Waals surface area contributed by atoms with Crippen molar-refractivity contribution in [1.29, 1.82) is 0 Å². The Labute approximate surface area is 95.3 Å². The van der Waals surface area contributed by atoms with Crippen LogP contribution >= 0.6 is 0 Å².